The van der Waals surface area contributed by atoms with E-state index in [1.165, 1.54) is 50.3 Å². The molecule has 150 valence electrons. The number of hydrogen-bond acceptors (Lipinski definition) is 4. The molecule has 5 aliphatic rings. The van der Waals surface area contributed by atoms with Gasteiger partial charge in [0.15, 0.2) is 5.16 Å². The largest absolute Gasteiger partial charge is 0.322 e. The molecule has 7 rings (SSSR count). The van der Waals surface area contributed by atoms with Gasteiger partial charge in [0.25, 0.3) is 11.5 Å². The average molecular weight is 408 g/mol. The Morgan fingerprint density at radius 2 is 1.72 bits per heavy atom. The van der Waals surface area contributed by atoms with Gasteiger partial charge in [-0.2, -0.15) is 0 Å². The third-order valence-electron chi connectivity index (χ3n) is 7.59. The number of amides is 1. The summed E-state index contributed by atoms with van der Waals surface area (Å²) in [4.78, 5) is 29.5. The number of carbonyl (C=O) groups excluding carboxylic acids is 1. The molecule has 29 heavy (non-hydrogen) atoms. The fraction of sp³-hybridized carbons (Fsp3) is 0.522. The van der Waals surface area contributed by atoms with Crippen molar-refractivity contribution in [2.45, 2.75) is 55.6 Å². The van der Waals surface area contributed by atoms with E-state index in [-0.39, 0.29) is 17.0 Å². The molecular formula is C23H25N3O2S. The van der Waals surface area contributed by atoms with Gasteiger partial charge in [-0.3, -0.25) is 14.2 Å². The van der Waals surface area contributed by atoms with E-state index in [9.17, 15) is 9.59 Å². The minimum atomic E-state index is -0.378. The van der Waals surface area contributed by atoms with Crippen molar-refractivity contribution in [3.05, 3.63) is 51.9 Å². The second-order valence-corrected chi connectivity index (χ2v) is 10.6. The summed E-state index contributed by atoms with van der Waals surface area (Å²) in [7, 11) is 0. The lowest BCUT2D eigenvalue weighted by Crippen LogP contribution is -2.48. The van der Waals surface area contributed by atoms with E-state index in [0.29, 0.717) is 17.1 Å². The number of hydrogen-bond donors (Lipinski definition) is 1. The van der Waals surface area contributed by atoms with Crippen LogP contribution in [0.2, 0.25) is 0 Å². The van der Waals surface area contributed by atoms with E-state index in [0.717, 1.165) is 29.2 Å². The maximum Gasteiger partial charge on any atom is 0.267 e. The molecule has 0 atom stereocenters. The van der Waals surface area contributed by atoms with E-state index in [1.807, 2.05) is 12.1 Å². The Morgan fingerprint density at radius 1 is 1.07 bits per heavy atom. The lowest BCUT2D eigenvalue weighted by molar-refractivity contribution is -0.00518. The number of thioether (sulfide) groups is 1. The summed E-state index contributed by atoms with van der Waals surface area (Å²) in [5.41, 5.74) is 2.40. The standard InChI is InChI=1S/C23H25N3O2S/c27-20(19-13-24-22-26(21(19)28)5-6-29-22)25-18-3-1-17(2-4-18)23-10-14-7-15(11-23)9-16(8-14)12-23/h1-4,13-16H,5-12H2,(H,25,27). The minimum absolute atomic E-state index is 0.112. The molecule has 4 saturated carbocycles. The molecule has 4 bridgehead atoms. The summed E-state index contributed by atoms with van der Waals surface area (Å²) < 4.78 is 1.59. The van der Waals surface area contributed by atoms with Crippen LogP contribution in [-0.2, 0) is 12.0 Å². The van der Waals surface area contributed by atoms with Crippen LogP contribution < -0.4 is 10.9 Å². The van der Waals surface area contributed by atoms with Crippen LogP contribution in [0.1, 0.15) is 54.4 Å². The van der Waals surface area contributed by atoms with Crippen molar-refractivity contribution in [1.29, 1.82) is 0 Å². The molecule has 0 saturated heterocycles. The van der Waals surface area contributed by atoms with Gasteiger partial charge in [-0.25, -0.2) is 4.98 Å². The molecule has 2 aromatic rings. The SMILES string of the molecule is O=C(Nc1ccc(C23CC4CC(CC(C4)C2)C3)cc1)c1cnc2n(c1=O)CCS2. The normalized spacial score (nSPS) is 31.7. The Bertz CT molecular complexity index is 1010. The van der Waals surface area contributed by atoms with E-state index >= 15 is 0 Å². The molecule has 1 aromatic heterocycles. The van der Waals surface area contributed by atoms with Crippen molar-refractivity contribution >= 4 is 23.4 Å². The highest BCUT2D eigenvalue weighted by molar-refractivity contribution is 7.99. The quantitative estimate of drug-likeness (QED) is 0.779. The van der Waals surface area contributed by atoms with Gasteiger partial charge in [0.05, 0.1) is 0 Å². The molecule has 1 aromatic carbocycles. The zero-order valence-electron chi connectivity index (χ0n) is 16.4. The van der Waals surface area contributed by atoms with Crippen LogP contribution in [0.3, 0.4) is 0 Å². The third-order valence-corrected chi connectivity index (χ3v) is 8.57. The van der Waals surface area contributed by atoms with Crippen LogP contribution in [-0.4, -0.2) is 21.2 Å². The second kappa shape index (κ2) is 6.46. The van der Waals surface area contributed by atoms with Crippen LogP contribution >= 0.6 is 11.8 Å². The molecule has 0 radical (unpaired) electrons. The number of rotatable bonds is 3. The Morgan fingerprint density at radius 3 is 2.38 bits per heavy atom. The predicted molar refractivity (Wildman–Crippen MR) is 113 cm³/mol. The third kappa shape index (κ3) is 2.87. The average Bonchev–Trinajstić information content (AvgIpc) is 3.17. The maximum atomic E-state index is 12.7. The molecule has 6 heteroatoms. The Labute approximate surface area is 174 Å². The summed E-state index contributed by atoms with van der Waals surface area (Å²) in [6.07, 6.45) is 9.73. The van der Waals surface area contributed by atoms with Crippen molar-refractivity contribution in [2.24, 2.45) is 17.8 Å². The topological polar surface area (TPSA) is 64.0 Å². The highest BCUT2D eigenvalue weighted by Gasteiger charge is 2.51. The van der Waals surface area contributed by atoms with Gasteiger partial charge in [-0.1, -0.05) is 23.9 Å². The first kappa shape index (κ1) is 17.8. The molecule has 1 aliphatic heterocycles. The first-order valence-electron chi connectivity index (χ1n) is 10.7. The van der Waals surface area contributed by atoms with E-state index in [1.54, 1.807) is 16.3 Å². The number of carbonyl (C=O) groups is 1. The van der Waals surface area contributed by atoms with Crippen LogP contribution in [0.15, 0.2) is 40.4 Å². The molecule has 0 unspecified atom stereocenters. The monoisotopic (exact) mass is 407 g/mol. The van der Waals surface area contributed by atoms with Crippen molar-refractivity contribution in [1.82, 2.24) is 9.55 Å². The molecule has 1 N–H and O–H groups in total. The maximum absolute atomic E-state index is 12.7. The Balaban J connectivity index is 1.22. The Hall–Kier alpha value is -2.08. The minimum Gasteiger partial charge on any atom is -0.322 e. The van der Waals surface area contributed by atoms with Crippen molar-refractivity contribution < 1.29 is 4.79 Å². The Kier molecular flexibility index (Phi) is 3.95. The summed E-state index contributed by atoms with van der Waals surface area (Å²) in [6.45, 7) is 0.618. The number of nitrogens with one attached hydrogen (secondary N) is 1. The van der Waals surface area contributed by atoms with Gasteiger partial charge in [0, 0.05) is 24.2 Å². The van der Waals surface area contributed by atoms with Gasteiger partial charge in [0.1, 0.15) is 5.56 Å². The number of fused-ring (bicyclic) bond motifs is 1. The van der Waals surface area contributed by atoms with Crippen molar-refractivity contribution in [3.8, 4) is 0 Å². The summed E-state index contributed by atoms with van der Waals surface area (Å²) in [6, 6.07) is 8.40. The van der Waals surface area contributed by atoms with E-state index in [4.69, 9.17) is 0 Å². The molecule has 0 spiro atoms. The highest BCUT2D eigenvalue weighted by Crippen LogP contribution is 2.60. The summed E-state index contributed by atoms with van der Waals surface area (Å²) >= 11 is 1.55. The number of benzene rings is 1. The number of anilines is 1. The molecule has 4 fully saturated rings. The molecule has 2 heterocycles. The zero-order valence-corrected chi connectivity index (χ0v) is 17.2. The highest BCUT2D eigenvalue weighted by atomic mass is 32.2. The van der Waals surface area contributed by atoms with Crippen LogP contribution in [0.5, 0.6) is 0 Å². The second-order valence-electron chi connectivity index (χ2n) is 9.49. The van der Waals surface area contributed by atoms with Crippen molar-refractivity contribution in [3.63, 3.8) is 0 Å². The molecular weight excluding hydrogens is 382 g/mol. The molecule has 4 aliphatic carbocycles. The van der Waals surface area contributed by atoms with E-state index < -0.39 is 0 Å². The molecule has 1 amide bonds. The fourth-order valence-electron chi connectivity index (χ4n) is 6.74. The van der Waals surface area contributed by atoms with Crippen LogP contribution in [0.4, 0.5) is 5.69 Å². The van der Waals surface area contributed by atoms with Gasteiger partial charge in [-0.15, -0.1) is 0 Å². The van der Waals surface area contributed by atoms with Gasteiger partial charge >= 0.3 is 0 Å². The number of nitrogens with zero attached hydrogens (tertiary/aromatic N) is 2. The summed E-state index contributed by atoms with van der Waals surface area (Å²) in [5.74, 6) is 3.20. The van der Waals surface area contributed by atoms with E-state index in [2.05, 4.69) is 22.4 Å². The van der Waals surface area contributed by atoms with Gasteiger partial charge in [0.2, 0.25) is 0 Å². The lowest BCUT2D eigenvalue weighted by atomic mass is 9.48. The first-order chi connectivity index (χ1) is 14.1. The van der Waals surface area contributed by atoms with Gasteiger partial charge in [-0.05, 0) is 79.4 Å². The predicted octanol–water partition coefficient (Wildman–Crippen LogP) is 4.07. The first-order valence-corrected chi connectivity index (χ1v) is 11.7. The van der Waals surface area contributed by atoms with Crippen LogP contribution in [0, 0.1) is 17.8 Å². The smallest absolute Gasteiger partial charge is 0.267 e. The molecule has 5 nitrogen and oxygen atoms in total. The van der Waals surface area contributed by atoms with Gasteiger partial charge < -0.3 is 5.32 Å². The fourth-order valence-corrected chi connectivity index (χ4v) is 7.66. The summed E-state index contributed by atoms with van der Waals surface area (Å²) in [5, 5.41) is 3.59. The zero-order chi connectivity index (χ0) is 19.6. The van der Waals surface area contributed by atoms with Crippen LogP contribution in [0.25, 0.3) is 0 Å². The van der Waals surface area contributed by atoms with Crippen molar-refractivity contribution in [2.75, 3.05) is 11.1 Å². The number of aromatic nitrogens is 2. The lowest BCUT2D eigenvalue weighted by Gasteiger charge is -2.57.